The Hall–Kier alpha value is -3.20. The Morgan fingerprint density at radius 3 is 2.66 bits per heavy atom. The predicted octanol–water partition coefficient (Wildman–Crippen LogP) is 3.06. The molecule has 0 fully saturated rings. The minimum absolute atomic E-state index is 0.204. The Labute approximate surface area is 175 Å². The Kier molecular flexibility index (Phi) is 6.28. The largest absolute Gasteiger partial charge is 0.496 e. The molecule has 0 spiro atoms. The molecular weight excluding hydrogens is 440 g/mol. The van der Waals surface area contributed by atoms with E-state index in [9.17, 15) is 9.59 Å². The Morgan fingerprint density at radius 1 is 1.17 bits per heavy atom. The van der Waals surface area contributed by atoms with Crippen LogP contribution in [0.3, 0.4) is 0 Å². The predicted molar refractivity (Wildman–Crippen MR) is 109 cm³/mol. The summed E-state index contributed by atoms with van der Waals surface area (Å²) in [6.07, 6.45) is 0. The van der Waals surface area contributed by atoms with Gasteiger partial charge in [0.05, 0.1) is 25.6 Å². The fourth-order valence-electron chi connectivity index (χ4n) is 2.79. The van der Waals surface area contributed by atoms with Crippen LogP contribution in [0.2, 0.25) is 0 Å². The number of hydrogen-bond donors (Lipinski definition) is 1. The summed E-state index contributed by atoms with van der Waals surface area (Å²) < 4.78 is 12.4. The van der Waals surface area contributed by atoms with Crippen LogP contribution < -0.4 is 10.1 Å². The summed E-state index contributed by atoms with van der Waals surface area (Å²) in [5.74, 6) is -0.471. The van der Waals surface area contributed by atoms with E-state index in [0.717, 1.165) is 15.7 Å². The number of methoxy groups -OCH3 is 2. The van der Waals surface area contributed by atoms with Crippen LogP contribution in [0.1, 0.15) is 32.1 Å². The summed E-state index contributed by atoms with van der Waals surface area (Å²) in [5, 5.41) is 10.9. The molecule has 8 nitrogen and oxygen atoms in total. The van der Waals surface area contributed by atoms with E-state index in [2.05, 4.69) is 31.6 Å². The molecule has 9 heteroatoms. The van der Waals surface area contributed by atoms with Gasteiger partial charge in [-0.1, -0.05) is 33.3 Å². The molecular formula is C20H19BrN4O4. The summed E-state index contributed by atoms with van der Waals surface area (Å²) in [4.78, 5) is 24.5. The number of hydrogen-bond acceptors (Lipinski definition) is 6. The molecule has 0 saturated carbocycles. The highest BCUT2D eigenvalue weighted by molar-refractivity contribution is 9.10. The van der Waals surface area contributed by atoms with Crippen molar-refractivity contribution in [3.8, 4) is 11.4 Å². The van der Waals surface area contributed by atoms with E-state index in [1.807, 2.05) is 24.3 Å². The summed E-state index contributed by atoms with van der Waals surface area (Å²) in [5.41, 5.74) is 2.65. The zero-order valence-electron chi connectivity index (χ0n) is 16.1. The third-order valence-electron chi connectivity index (χ3n) is 4.28. The standard InChI is InChI=1S/C20H19BrN4O4/c1-12-18(23-24-25(12)15-6-4-5-14(21)10-15)19(26)22-11-13-7-8-17(28-2)16(9-13)20(27)29-3/h4-10H,11H2,1-3H3,(H,22,26). The molecule has 1 aromatic heterocycles. The normalized spacial score (nSPS) is 10.5. The van der Waals surface area contributed by atoms with Crippen molar-refractivity contribution in [1.82, 2.24) is 20.3 Å². The monoisotopic (exact) mass is 458 g/mol. The molecule has 0 aliphatic carbocycles. The third kappa shape index (κ3) is 4.45. The van der Waals surface area contributed by atoms with Gasteiger partial charge in [-0.2, -0.15) is 0 Å². The molecule has 29 heavy (non-hydrogen) atoms. The summed E-state index contributed by atoms with van der Waals surface area (Å²) in [6, 6.07) is 12.6. The highest BCUT2D eigenvalue weighted by Crippen LogP contribution is 2.21. The van der Waals surface area contributed by atoms with Crippen molar-refractivity contribution in [2.24, 2.45) is 0 Å². The maximum Gasteiger partial charge on any atom is 0.341 e. The summed E-state index contributed by atoms with van der Waals surface area (Å²) in [7, 11) is 2.77. The van der Waals surface area contributed by atoms with Crippen molar-refractivity contribution in [3.05, 3.63) is 69.5 Å². The van der Waals surface area contributed by atoms with Gasteiger partial charge in [0, 0.05) is 11.0 Å². The molecule has 0 aliphatic rings. The van der Waals surface area contributed by atoms with Gasteiger partial charge in [-0.05, 0) is 42.8 Å². The molecule has 1 amide bonds. The molecule has 3 aromatic rings. The first-order valence-corrected chi connectivity index (χ1v) is 9.45. The van der Waals surface area contributed by atoms with Gasteiger partial charge in [0.25, 0.3) is 5.91 Å². The molecule has 1 N–H and O–H groups in total. The van der Waals surface area contributed by atoms with Crippen LogP contribution in [-0.4, -0.2) is 41.1 Å². The topological polar surface area (TPSA) is 95.3 Å². The first kappa shape index (κ1) is 20.5. The quantitative estimate of drug-likeness (QED) is 0.570. The minimum atomic E-state index is -0.511. The highest BCUT2D eigenvalue weighted by Gasteiger charge is 2.18. The fraction of sp³-hybridized carbons (Fsp3) is 0.200. The number of carbonyl (C=O) groups is 2. The van der Waals surface area contributed by atoms with Crippen LogP contribution >= 0.6 is 15.9 Å². The SMILES string of the molecule is COC(=O)c1cc(CNC(=O)c2nnn(-c3cccc(Br)c3)c2C)ccc1OC. The maximum atomic E-state index is 12.6. The second kappa shape index (κ2) is 8.87. The molecule has 0 bridgehead atoms. The number of carbonyl (C=O) groups excluding carboxylic acids is 2. The van der Waals surface area contributed by atoms with E-state index in [0.29, 0.717) is 17.0 Å². The second-order valence-corrected chi connectivity index (χ2v) is 7.04. The van der Waals surface area contributed by atoms with Crippen LogP contribution in [-0.2, 0) is 11.3 Å². The molecule has 1 heterocycles. The maximum absolute atomic E-state index is 12.6. The third-order valence-corrected chi connectivity index (χ3v) is 4.78. The van der Waals surface area contributed by atoms with E-state index < -0.39 is 5.97 Å². The number of ether oxygens (including phenoxy) is 2. The van der Waals surface area contributed by atoms with Crippen molar-refractivity contribution in [1.29, 1.82) is 0 Å². The van der Waals surface area contributed by atoms with Gasteiger partial charge >= 0.3 is 5.97 Å². The zero-order chi connectivity index (χ0) is 21.0. The molecule has 0 atom stereocenters. The van der Waals surface area contributed by atoms with Crippen LogP contribution in [0.5, 0.6) is 5.75 Å². The number of aromatic nitrogens is 3. The Balaban J connectivity index is 1.76. The molecule has 0 radical (unpaired) electrons. The molecule has 0 unspecified atom stereocenters. The van der Waals surface area contributed by atoms with Crippen LogP contribution in [0, 0.1) is 6.92 Å². The average molecular weight is 459 g/mol. The first-order valence-electron chi connectivity index (χ1n) is 8.66. The van der Waals surface area contributed by atoms with E-state index in [4.69, 9.17) is 9.47 Å². The van der Waals surface area contributed by atoms with Crippen LogP contribution in [0.4, 0.5) is 0 Å². The number of halogens is 1. The summed E-state index contributed by atoms with van der Waals surface area (Å²) in [6.45, 7) is 1.98. The average Bonchev–Trinajstić information content (AvgIpc) is 3.12. The number of benzene rings is 2. The van der Waals surface area contributed by atoms with Crippen molar-refractivity contribution < 1.29 is 19.1 Å². The van der Waals surface area contributed by atoms with Gasteiger partial charge in [0.2, 0.25) is 0 Å². The van der Waals surface area contributed by atoms with Crippen molar-refractivity contribution in [2.45, 2.75) is 13.5 Å². The number of esters is 1. The highest BCUT2D eigenvalue weighted by atomic mass is 79.9. The van der Waals surface area contributed by atoms with Crippen molar-refractivity contribution in [3.63, 3.8) is 0 Å². The van der Waals surface area contributed by atoms with E-state index in [-0.39, 0.29) is 18.1 Å². The fourth-order valence-corrected chi connectivity index (χ4v) is 3.18. The van der Waals surface area contributed by atoms with Gasteiger partial charge in [-0.3, -0.25) is 4.79 Å². The zero-order valence-corrected chi connectivity index (χ0v) is 17.7. The second-order valence-electron chi connectivity index (χ2n) is 6.12. The summed E-state index contributed by atoms with van der Waals surface area (Å²) >= 11 is 3.42. The van der Waals surface area contributed by atoms with Crippen LogP contribution in [0.25, 0.3) is 5.69 Å². The smallest absolute Gasteiger partial charge is 0.341 e. The lowest BCUT2D eigenvalue weighted by molar-refractivity contribution is 0.0597. The van der Waals surface area contributed by atoms with Crippen LogP contribution in [0.15, 0.2) is 46.9 Å². The number of rotatable bonds is 6. The van der Waals surface area contributed by atoms with Gasteiger partial charge in [-0.15, -0.1) is 5.10 Å². The number of amides is 1. The lowest BCUT2D eigenvalue weighted by Crippen LogP contribution is -2.24. The molecule has 0 aliphatic heterocycles. The number of nitrogens with one attached hydrogen (secondary N) is 1. The molecule has 150 valence electrons. The lowest BCUT2D eigenvalue weighted by Gasteiger charge is -2.10. The van der Waals surface area contributed by atoms with E-state index in [1.165, 1.54) is 14.2 Å². The minimum Gasteiger partial charge on any atom is -0.496 e. The van der Waals surface area contributed by atoms with Gasteiger partial charge in [0.15, 0.2) is 5.69 Å². The molecule has 2 aromatic carbocycles. The molecule has 3 rings (SSSR count). The van der Waals surface area contributed by atoms with E-state index >= 15 is 0 Å². The van der Waals surface area contributed by atoms with E-state index in [1.54, 1.807) is 29.8 Å². The Morgan fingerprint density at radius 2 is 1.97 bits per heavy atom. The first-order chi connectivity index (χ1) is 13.9. The van der Waals surface area contributed by atoms with Crippen molar-refractivity contribution in [2.75, 3.05) is 14.2 Å². The van der Waals surface area contributed by atoms with Gasteiger partial charge < -0.3 is 14.8 Å². The van der Waals surface area contributed by atoms with Gasteiger partial charge in [-0.25, -0.2) is 9.48 Å². The van der Waals surface area contributed by atoms with Gasteiger partial charge in [0.1, 0.15) is 11.3 Å². The number of nitrogens with zero attached hydrogens (tertiary/aromatic N) is 3. The molecule has 0 saturated heterocycles. The van der Waals surface area contributed by atoms with Crippen molar-refractivity contribution >= 4 is 27.8 Å². The lowest BCUT2D eigenvalue weighted by atomic mass is 10.1. The Bertz CT molecular complexity index is 1060.